The maximum atomic E-state index is 12.6. The van der Waals surface area contributed by atoms with Gasteiger partial charge in [0.2, 0.25) is 5.91 Å². The molecule has 0 aromatic rings. The maximum Gasteiger partial charge on any atom is 0.227 e. The first-order valence-electron chi connectivity index (χ1n) is 8.07. The number of hydrogen-bond donors (Lipinski definition) is 1. The van der Waals surface area contributed by atoms with Crippen molar-refractivity contribution in [3.63, 3.8) is 0 Å². The highest BCUT2D eigenvalue weighted by Crippen LogP contribution is 2.15. The minimum absolute atomic E-state index is 0.0109. The number of carbonyl (C=O) groups excluding carboxylic acids is 1. The molecule has 0 aromatic heterocycles. The van der Waals surface area contributed by atoms with E-state index in [1.165, 1.54) is 25.7 Å². The molecule has 0 aromatic carbocycles. The lowest BCUT2D eigenvalue weighted by atomic mass is 9.94. The van der Waals surface area contributed by atoms with E-state index in [0.717, 1.165) is 25.9 Å². The van der Waals surface area contributed by atoms with Crippen LogP contribution in [-0.4, -0.2) is 30.4 Å². The van der Waals surface area contributed by atoms with Gasteiger partial charge >= 0.3 is 0 Å². The van der Waals surface area contributed by atoms with Crippen LogP contribution in [0, 0.1) is 11.8 Å². The van der Waals surface area contributed by atoms with Gasteiger partial charge in [-0.2, -0.15) is 0 Å². The van der Waals surface area contributed by atoms with Gasteiger partial charge < -0.3 is 10.6 Å². The third-order valence-corrected chi connectivity index (χ3v) is 3.75. The first-order chi connectivity index (χ1) is 9.08. The Balaban J connectivity index is 4.45. The van der Waals surface area contributed by atoms with Crippen molar-refractivity contribution in [2.24, 2.45) is 17.6 Å². The van der Waals surface area contributed by atoms with Crippen molar-refractivity contribution < 1.29 is 4.79 Å². The first-order valence-corrected chi connectivity index (χ1v) is 8.07. The Bertz CT molecular complexity index is 219. The first kappa shape index (κ1) is 18.4. The molecule has 2 N–H and O–H groups in total. The van der Waals surface area contributed by atoms with Gasteiger partial charge in [-0.1, -0.05) is 53.4 Å². The van der Waals surface area contributed by atoms with Crippen molar-refractivity contribution in [2.45, 2.75) is 66.2 Å². The van der Waals surface area contributed by atoms with Crippen molar-refractivity contribution in [1.29, 1.82) is 0 Å². The van der Waals surface area contributed by atoms with Gasteiger partial charge in [0.25, 0.3) is 0 Å². The van der Waals surface area contributed by atoms with E-state index in [1.807, 2.05) is 0 Å². The Kier molecular flexibility index (Phi) is 10.9. The molecular weight excluding hydrogens is 236 g/mol. The Morgan fingerprint density at radius 2 is 1.47 bits per heavy atom. The lowest BCUT2D eigenvalue weighted by Crippen LogP contribution is -2.42. The minimum Gasteiger partial charge on any atom is -0.342 e. The van der Waals surface area contributed by atoms with Gasteiger partial charge in [-0.15, -0.1) is 0 Å². The number of nitrogens with zero attached hydrogens (tertiary/aromatic N) is 1. The number of rotatable bonds is 11. The average Bonchev–Trinajstić information content (AvgIpc) is 2.37. The molecule has 114 valence electrons. The van der Waals surface area contributed by atoms with Crippen LogP contribution < -0.4 is 5.73 Å². The lowest BCUT2D eigenvalue weighted by Gasteiger charge is -2.29. The van der Waals surface area contributed by atoms with E-state index in [-0.39, 0.29) is 11.8 Å². The quantitative estimate of drug-likeness (QED) is 0.585. The van der Waals surface area contributed by atoms with Gasteiger partial charge in [0.05, 0.1) is 5.92 Å². The molecule has 0 aliphatic rings. The maximum absolute atomic E-state index is 12.6. The van der Waals surface area contributed by atoms with Gasteiger partial charge in [-0.3, -0.25) is 4.79 Å². The van der Waals surface area contributed by atoms with Crippen LogP contribution in [0.15, 0.2) is 0 Å². The van der Waals surface area contributed by atoms with Crippen molar-refractivity contribution in [2.75, 3.05) is 19.6 Å². The Morgan fingerprint density at radius 1 is 1.00 bits per heavy atom. The van der Waals surface area contributed by atoms with Crippen LogP contribution in [0.25, 0.3) is 0 Å². The van der Waals surface area contributed by atoms with Crippen molar-refractivity contribution in [1.82, 2.24) is 4.90 Å². The zero-order chi connectivity index (χ0) is 14.7. The van der Waals surface area contributed by atoms with Crippen LogP contribution in [-0.2, 0) is 4.79 Å². The second-order valence-electron chi connectivity index (χ2n) is 5.83. The van der Waals surface area contributed by atoms with Crippen LogP contribution >= 0.6 is 0 Å². The molecule has 0 fully saturated rings. The molecule has 0 aliphatic carbocycles. The summed E-state index contributed by atoms with van der Waals surface area (Å²) in [5.41, 5.74) is 5.77. The molecule has 0 rings (SSSR count). The highest BCUT2D eigenvalue weighted by atomic mass is 16.2. The smallest absolute Gasteiger partial charge is 0.227 e. The van der Waals surface area contributed by atoms with Gasteiger partial charge in [-0.05, 0) is 18.8 Å². The molecule has 0 aliphatic heterocycles. The Morgan fingerprint density at radius 3 is 1.79 bits per heavy atom. The van der Waals surface area contributed by atoms with Gasteiger partial charge in [0.1, 0.15) is 0 Å². The lowest BCUT2D eigenvalue weighted by molar-refractivity contribution is -0.136. The molecule has 0 saturated carbocycles. The van der Waals surface area contributed by atoms with E-state index < -0.39 is 0 Å². The largest absolute Gasteiger partial charge is 0.342 e. The predicted molar refractivity (Wildman–Crippen MR) is 83.0 cm³/mol. The number of nitrogens with two attached hydrogens (primary N) is 1. The van der Waals surface area contributed by atoms with Gasteiger partial charge in [0.15, 0.2) is 0 Å². The van der Waals surface area contributed by atoms with Gasteiger partial charge in [0, 0.05) is 19.6 Å². The van der Waals surface area contributed by atoms with Gasteiger partial charge in [-0.25, -0.2) is 0 Å². The van der Waals surface area contributed by atoms with E-state index >= 15 is 0 Å². The summed E-state index contributed by atoms with van der Waals surface area (Å²) in [6, 6.07) is 0. The fourth-order valence-corrected chi connectivity index (χ4v) is 2.33. The highest BCUT2D eigenvalue weighted by Gasteiger charge is 2.25. The summed E-state index contributed by atoms with van der Waals surface area (Å²) in [6.07, 6.45) is 7.02. The molecule has 0 saturated heterocycles. The summed E-state index contributed by atoms with van der Waals surface area (Å²) in [4.78, 5) is 14.6. The third-order valence-electron chi connectivity index (χ3n) is 3.75. The fraction of sp³-hybridized carbons (Fsp3) is 0.938. The summed E-state index contributed by atoms with van der Waals surface area (Å²) < 4.78 is 0. The number of carbonyl (C=O) groups is 1. The zero-order valence-electron chi connectivity index (χ0n) is 13.5. The second-order valence-corrected chi connectivity index (χ2v) is 5.83. The summed E-state index contributed by atoms with van der Waals surface area (Å²) in [5, 5.41) is 0. The summed E-state index contributed by atoms with van der Waals surface area (Å²) in [5.74, 6) is 0.588. The van der Waals surface area contributed by atoms with E-state index in [1.54, 1.807) is 0 Å². The molecular formula is C16H34N2O. The Labute approximate surface area is 119 Å². The molecule has 0 bridgehead atoms. The number of hydrogen-bond acceptors (Lipinski definition) is 2. The fourth-order valence-electron chi connectivity index (χ4n) is 2.33. The Hall–Kier alpha value is -0.570. The monoisotopic (exact) mass is 270 g/mol. The predicted octanol–water partition coefficient (Wildman–Crippen LogP) is 3.43. The highest BCUT2D eigenvalue weighted by molar-refractivity contribution is 5.79. The molecule has 1 unspecified atom stereocenters. The molecule has 0 heterocycles. The van der Waals surface area contributed by atoms with Crippen LogP contribution in [0.4, 0.5) is 0 Å². The normalized spacial score (nSPS) is 12.7. The summed E-state index contributed by atoms with van der Waals surface area (Å²) in [7, 11) is 0. The van der Waals surface area contributed by atoms with Crippen molar-refractivity contribution in [3.8, 4) is 0 Å². The van der Waals surface area contributed by atoms with Crippen LogP contribution in [0.3, 0.4) is 0 Å². The standard InChI is InChI=1S/C16H34N2O/c1-5-7-9-11-18(12-10-8-6-2)16(19)15(13-17)14(3)4/h14-15H,5-13,17H2,1-4H3. The van der Waals surface area contributed by atoms with E-state index in [4.69, 9.17) is 5.73 Å². The summed E-state index contributed by atoms with van der Waals surface area (Å²) in [6.45, 7) is 10.8. The molecule has 19 heavy (non-hydrogen) atoms. The van der Waals surface area contributed by atoms with E-state index in [0.29, 0.717) is 12.5 Å². The van der Waals surface area contributed by atoms with Crippen LogP contribution in [0.2, 0.25) is 0 Å². The topological polar surface area (TPSA) is 46.3 Å². The van der Waals surface area contributed by atoms with Crippen molar-refractivity contribution in [3.05, 3.63) is 0 Å². The average molecular weight is 270 g/mol. The molecule has 0 spiro atoms. The molecule has 1 atom stereocenters. The van der Waals surface area contributed by atoms with E-state index in [9.17, 15) is 4.79 Å². The summed E-state index contributed by atoms with van der Waals surface area (Å²) >= 11 is 0. The number of unbranched alkanes of at least 4 members (excludes halogenated alkanes) is 4. The molecule has 0 radical (unpaired) electrons. The third kappa shape index (κ3) is 7.56. The number of amides is 1. The van der Waals surface area contributed by atoms with Crippen molar-refractivity contribution >= 4 is 5.91 Å². The molecule has 1 amide bonds. The molecule has 3 nitrogen and oxygen atoms in total. The minimum atomic E-state index is -0.0109. The van der Waals surface area contributed by atoms with Crippen LogP contribution in [0.5, 0.6) is 0 Å². The second kappa shape index (κ2) is 11.3. The molecule has 3 heteroatoms. The SMILES string of the molecule is CCCCCN(CCCCC)C(=O)C(CN)C(C)C. The van der Waals surface area contributed by atoms with E-state index in [2.05, 4.69) is 32.6 Å². The zero-order valence-corrected chi connectivity index (χ0v) is 13.5. The van der Waals surface area contributed by atoms with Crippen LogP contribution in [0.1, 0.15) is 66.2 Å².